The van der Waals surface area contributed by atoms with Crippen LogP contribution in [-0.2, 0) is 0 Å². The SMILES string of the molecule is N#Cc1cc(F)ccc1N1CCC2(O)CCCCC2C1. The zero-order valence-electron chi connectivity index (χ0n) is 11.5. The minimum Gasteiger partial charge on any atom is -0.389 e. The molecule has 2 aliphatic rings. The molecule has 1 aliphatic carbocycles. The second kappa shape index (κ2) is 5.06. The van der Waals surface area contributed by atoms with Crippen molar-refractivity contribution in [1.82, 2.24) is 0 Å². The quantitative estimate of drug-likeness (QED) is 0.856. The summed E-state index contributed by atoms with van der Waals surface area (Å²) in [7, 11) is 0. The molecule has 1 saturated heterocycles. The third-order valence-corrected chi connectivity index (χ3v) is 4.85. The number of nitriles is 1. The van der Waals surface area contributed by atoms with Crippen molar-refractivity contribution in [3.8, 4) is 6.07 Å². The minimum absolute atomic E-state index is 0.265. The van der Waals surface area contributed by atoms with E-state index in [9.17, 15) is 9.50 Å². The topological polar surface area (TPSA) is 47.3 Å². The van der Waals surface area contributed by atoms with Gasteiger partial charge in [-0.25, -0.2) is 4.39 Å². The fourth-order valence-electron chi connectivity index (χ4n) is 3.66. The van der Waals surface area contributed by atoms with Gasteiger partial charge in [0.05, 0.1) is 16.9 Å². The third kappa shape index (κ3) is 2.27. The molecule has 0 aromatic heterocycles. The molecule has 0 amide bonds. The van der Waals surface area contributed by atoms with Crippen molar-refractivity contribution >= 4 is 5.69 Å². The predicted molar refractivity (Wildman–Crippen MR) is 74.9 cm³/mol. The van der Waals surface area contributed by atoms with Crippen LogP contribution >= 0.6 is 0 Å². The standard InChI is InChI=1S/C16H19FN2O/c17-14-4-5-15(12(9-14)10-18)19-8-7-16(20)6-2-1-3-13(16)11-19/h4-5,9,13,20H,1-3,6-8,11H2. The predicted octanol–water partition coefficient (Wildman–Crippen LogP) is 2.83. The van der Waals surface area contributed by atoms with Gasteiger partial charge in [0.15, 0.2) is 0 Å². The molecule has 0 bridgehead atoms. The van der Waals surface area contributed by atoms with Crippen molar-refractivity contribution in [3.05, 3.63) is 29.6 Å². The van der Waals surface area contributed by atoms with Crippen LogP contribution in [0.4, 0.5) is 10.1 Å². The van der Waals surface area contributed by atoms with Gasteiger partial charge in [-0.3, -0.25) is 0 Å². The highest BCUT2D eigenvalue weighted by Gasteiger charge is 2.43. The van der Waals surface area contributed by atoms with Gasteiger partial charge in [-0.05, 0) is 37.5 Å². The van der Waals surface area contributed by atoms with Crippen LogP contribution in [0, 0.1) is 23.1 Å². The zero-order chi connectivity index (χ0) is 14.2. The second-order valence-corrected chi connectivity index (χ2v) is 6.02. The molecular formula is C16H19FN2O. The van der Waals surface area contributed by atoms with E-state index in [1.807, 2.05) is 0 Å². The van der Waals surface area contributed by atoms with E-state index < -0.39 is 5.60 Å². The Balaban J connectivity index is 1.85. The number of halogens is 1. The lowest BCUT2D eigenvalue weighted by Crippen LogP contribution is -2.53. The van der Waals surface area contributed by atoms with Crippen molar-refractivity contribution in [1.29, 1.82) is 5.26 Å². The molecule has 1 heterocycles. The fourth-order valence-corrected chi connectivity index (χ4v) is 3.66. The Morgan fingerprint density at radius 2 is 2.20 bits per heavy atom. The van der Waals surface area contributed by atoms with Crippen LogP contribution in [-0.4, -0.2) is 23.8 Å². The van der Waals surface area contributed by atoms with E-state index in [1.165, 1.54) is 12.1 Å². The first-order valence-corrected chi connectivity index (χ1v) is 7.29. The van der Waals surface area contributed by atoms with Crippen LogP contribution in [0.3, 0.4) is 0 Å². The largest absolute Gasteiger partial charge is 0.389 e. The molecule has 1 saturated carbocycles. The van der Waals surface area contributed by atoms with E-state index in [4.69, 9.17) is 5.26 Å². The molecule has 3 rings (SSSR count). The lowest BCUT2D eigenvalue weighted by atomic mass is 9.71. The Kier molecular flexibility index (Phi) is 3.39. The van der Waals surface area contributed by atoms with Gasteiger partial charge < -0.3 is 10.0 Å². The van der Waals surface area contributed by atoms with Gasteiger partial charge in [0.25, 0.3) is 0 Å². The van der Waals surface area contributed by atoms with E-state index in [0.29, 0.717) is 5.56 Å². The van der Waals surface area contributed by atoms with Crippen molar-refractivity contribution in [2.45, 2.75) is 37.7 Å². The van der Waals surface area contributed by atoms with E-state index in [1.54, 1.807) is 6.07 Å². The molecule has 1 aromatic rings. The van der Waals surface area contributed by atoms with Gasteiger partial charge in [-0.15, -0.1) is 0 Å². The third-order valence-electron chi connectivity index (χ3n) is 4.85. The molecule has 0 spiro atoms. The highest BCUT2D eigenvalue weighted by Crippen LogP contribution is 2.41. The molecule has 4 heteroatoms. The zero-order valence-corrected chi connectivity index (χ0v) is 11.5. The number of benzene rings is 1. The van der Waals surface area contributed by atoms with E-state index in [-0.39, 0.29) is 11.7 Å². The Morgan fingerprint density at radius 1 is 1.35 bits per heavy atom. The van der Waals surface area contributed by atoms with Gasteiger partial charge in [0.2, 0.25) is 0 Å². The molecule has 3 nitrogen and oxygen atoms in total. The number of anilines is 1. The minimum atomic E-state index is -0.526. The van der Waals surface area contributed by atoms with Crippen molar-refractivity contribution in [3.63, 3.8) is 0 Å². The van der Waals surface area contributed by atoms with Gasteiger partial charge in [0, 0.05) is 19.0 Å². The summed E-state index contributed by atoms with van der Waals surface area (Å²) >= 11 is 0. The molecule has 2 fully saturated rings. The Labute approximate surface area is 118 Å². The second-order valence-electron chi connectivity index (χ2n) is 6.02. The van der Waals surface area contributed by atoms with Crippen LogP contribution in [0.2, 0.25) is 0 Å². The first-order valence-electron chi connectivity index (χ1n) is 7.29. The summed E-state index contributed by atoms with van der Waals surface area (Å²) in [5.41, 5.74) is 0.648. The van der Waals surface area contributed by atoms with E-state index in [2.05, 4.69) is 11.0 Å². The van der Waals surface area contributed by atoms with Gasteiger partial charge in [-0.1, -0.05) is 12.8 Å². The average Bonchev–Trinajstić information content (AvgIpc) is 2.46. The number of aliphatic hydroxyl groups is 1. The van der Waals surface area contributed by atoms with Crippen LogP contribution in [0.1, 0.15) is 37.7 Å². The van der Waals surface area contributed by atoms with E-state index >= 15 is 0 Å². The Morgan fingerprint density at radius 3 is 3.00 bits per heavy atom. The highest BCUT2D eigenvalue weighted by atomic mass is 19.1. The van der Waals surface area contributed by atoms with Crippen molar-refractivity contribution < 1.29 is 9.50 Å². The number of fused-ring (bicyclic) bond motifs is 1. The molecule has 1 aromatic carbocycles. The monoisotopic (exact) mass is 274 g/mol. The molecule has 1 aliphatic heterocycles. The van der Waals surface area contributed by atoms with Gasteiger partial charge in [-0.2, -0.15) is 5.26 Å². The number of rotatable bonds is 1. The molecule has 2 atom stereocenters. The number of piperidine rings is 1. The maximum Gasteiger partial charge on any atom is 0.124 e. The molecular weight excluding hydrogens is 255 g/mol. The summed E-state index contributed by atoms with van der Waals surface area (Å²) in [6.07, 6.45) is 4.93. The van der Waals surface area contributed by atoms with Crippen molar-refractivity contribution in [2.75, 3.05) is 18.0 Å². The normalized spacial score (nSPS) is 29.6. The average molecular weight is 274 g/mol. The smallest absolute Gasteiger partial charge is 0.124 e. The van der Waals surface area contributed by atoms with Crippen LogP contribution in [0.5, 0.6) is 0 Å². The van der Waals surface area contributed by atoms with Gasteiger partial charge >= 0.3 is 0 Å². The summed E-state index contributed by atoms with van der Waals surface area (Å²) in [5.74, 6) is -0.113. The summed E-state index contributed by atoms with van der Waals surface area (Å²) in [4.78, 5) is 2.13. The Bertz CT molecular complexity index is 554. The number of hydrogen-bond acceptors (Lipinski definition) is 3. The number of nitrogens with zero attached hydrogens (tertiary/aromatic N) is 2. The fraction of sp³-hybridized carbons (Fsp3) is 0.562. The summed E-state index contributed by atoms with van der Waals surface area (Å²) in [6, 6.07) is 6.44. The van der Waals surface area contributed by atoms with Crippen LogP contribution < -0.4 is 4.90 Å². The first kappa shape index (κ1) is 13.4. The van der Waals surface area contributed by atoms with Gasteiger partial charge in [0.1, 0.15) is 11.9 Å². The first-order chi connectivity index (χ1) is 9.62. The lowest BCUT2D eigenvalue weighted by Gasteiger charge is -2.48. The lowest BCUT2D eigenvalue weighted by molar-refractivity contribution is -0.0612. The molecule has 2 unspecified atom stereocenters. The van der Waals surface area contributed by atoms with Crippen LogP contribution in [0.15, 0.2) is 18.2 Å². The van der Waals surface area contributed by atoms with Crippen molar-refractivity contribution in [2.24, 2.45) is 5.92 Å². The molecule has 106 valence electrons. The summed E-state index contributed by atoms with van der Waals surface area (Å²) in [5, 5.41) is 19.8. The Hall–Kier alpha value is -1.60. The maximum absolute atomic E-state index is 13.2. The summed E-state index contributed by atoms with van der Waals surface area (Å²) in [6.45, 7) is 1.49. The van der Waals surface area contributed by atoms with Crippen LogP contribution in [0.25, 0.3) is 0 Å². The maximum atomic E-state index is 13.2. The van der Waals surface area contributed by atoms with E-state index in [0.717, 1.165) is 50.9 Å². The summed E-state index contributed by atoms with van der Waals surface area (Å²) < 4.78 is 13.2. The molecule has 0 radical (unpaired) electrons. The number of hydrogen-bond donors (Lipinski definition) is 1. The molecule has 20 heavy (non-hydrogen) atoms. The molecule has 1 N–H and O–H groups in total. The highest BCUT2D eigenvalue weighted by molar-refractivity contribution is 5.59.